The van der Waals surface area contributed by atoms with Gasteiger partial charge < -0.3 is 9.88 Å². The lowest BCUT2D eigenvalue weighted by Crippen LogP contribution is -2.01. The molecule has 0 bridgehead atoms. The van der Waals surface area contributed by atoms with Crippen molar-refractivity contribution >= 4 is 33.2 Å². The Morgan fingerprint density at radius 3 is 1.65 bits per heavy atom. The molecule has 8 rings (SSSR count). The number of aromatic nitrogens is 1. The van der Waals surface area contributed by atoms with E-state index >= 15 is 0 Å². The molecule has 49 heavy (non-hydrogen) atoms. The molecular formula is C45H30N4. The number of benzene rings is 7. The molecule has 0 amide bonds. The molecule has 4 heteroatoms. The molecule has 7 aromatic carbocycles. The second-order valence-corrected chi connectivity index (χ2v) is 12.1. The maximum Gasteiger partial charge on any atom is 0.102 e. The summed E-state index contributed by atoms with van der Waals surface area (Å²) in [5.41, 5.74) is 12.8. The van der Waals surface area contributed by atoms with Crippen LogP contribution >= 0.6 is 0 Å². The van der Waals surface area contributed by atoms with Crippen molar-refractivity contribution in [3.8, 4) is 51.2 Å². The van der Waals surface area contributed by atoms with Crippen LogP contribution in [0, 0.1) is 29.6 Å². The van der Waals surface area contributed by atoms with Gasteiger partial charge in [0.2, 0.25) is 0 Å². The summed E-state index contributed by atoms with van der Waals surface area (Å²) in [7, 11) is 0. The minimum Gasteiger partial charge on any atom is -0.355 e. The lowest BCUT2D eigenvalue weighted by Gasteiger charge is -2.17. The summed E-state index contributed by atoms with van der Waals surface area (Å²) in [5.74, 6) is 0. The van der Waals surface area contributed by atoms with Crippen molar-refractivity contribution in [3.05, 3.63) is 174 Å². The molecule has 0 aliphatic heterocycles. The van der Waals surface area contributed by atoms with Crippen molar-refractivity contribution in [2.75, 3.05) is 5.32 Å². The van der Waals surface area contributed by atoms with Crippen LogP contribution in [0.15, 0.2) is 158 Å². The highest BCUT2D eigenvalue weighted by Gasteiger charge is 2.20. The molecule has 1 aromatic heterocycles. The first-order valence-corrected chi connectivity index (χ1v) is 16.2. The van der Waals surface area contributed by atoms with E-state index in [0.29, 0.717) is 16.7 Å². The molecule has 1 N–H and O–H groups in total. The Balaban J connectivity index is 1.21. The third-order valence-corrected chi connectivity index (χ3v) is 9.28. The van der Waals surface area contributed by atoms with Crippen molar-refractivity contribution in [2.24, 2.45) is 0 Å². The van der Waals surface area contributed by atoms with E-state index in [1.165, 1.54) is 11.1 Å². The molecule has 230 valence electrons. The first kappa shape index (κ1) is 29.5. The number of hydrogen-bond donors (Lipinski definition) is 1. The van der Waals surface area contributed by atoms with E-state index in [-0.39, 0.29) is 0 Å². The molecule has 0 saturated carbocycles. The van der Waals surface area contributed by atoms with Crippen LogP contribution in [0.4, 0.5) is 11.4 Å². The summed E-state index contributed by atoms with van der Waals surface area (Å²) in [6.45, 7) is 2.13. The van der Waals surface area contributed by atoms with Crippen LogP contribution in [0.25, 0.3) is 60.9 Å². The third-order valence-electron chi connectivity index (χ3n) is 9.28. The number of nitriles is 2. The second-order valence-electron chi connectivity index (χ2n) is 12.1. The van der Waals surface area contributed by atoms with Crippen LogP contribution in [0.5, 0.6) is 0 Å². The van der Waals surface area contributed by atoms with Crippen LogP contribution in [-0.2, 0) is 0 Å². The largest absolute Gasteiger partial charge is 0.355 e. The van der Waals surface area contributed by atoms with Crippen LogP contribution in [-0.4, -0.2) is 4.57 Å². The van der Waals surface area contributed by atoms with Gasteiger partial charge in [0.1, 0.15) is 6.07 Å². The molecule has 0 fully saturated rings. The number of fused-ring (bicyclic) bond motifs is 3. The quantitative estimate of drug-likeness (QED) is 0.200. The number of anilines is 2. The summed E-state index contributed by atoms with van der Waals surface area (Å²) >= 11 is 0. The van der Waals surface area contributed by atoms with Crippen molar-refractivity contribution in [2.45, 2.75) is 6.92 Å². The molecular weight excluding hydrogens is 597 g/mol. The van der Waals surface area contributed by atoms with Crippen LogP contribution in [0.3, 0.4) is 0 Å². The van der Waals surface area contributed by atoms with Gasteiger partial charge in [0, 0.05) is 38.8 Å². The summed E-state index contributed by atoms with van der Waals surface area (Å²) in [6.07, 6.45) is 0. The van der Waals surface area contributed by atoms with Gasteiger partial charge in [-0.3, -0.25) is 0 Å². The van der Waals surface area contributed by atoms with Crippen molar-refractivity contribution in [3.63, 3.8) is 0 Å². The fraction of sp³-hybridized carbons (Fsp3) is 0.0222. The smallest absolute Gasteiger partial charge is 0.102 e. The normalized spacial score (nSPS) is 10.9. The van der Waals surface area contributed by atoms with Gasteiger partial charge in [0.05, 0.1) is 33.9 Å². The zero-order valence-electron chi connectivity index (χ0n) is 26.9. The molecule has 0 aliphatic carbocycles. The lowest BCUT2D eigenvalue weighted by atomic mass is 9.92. The van der Waals surface area contributed by atoms with Crippen molar-refractivity contribution in [1.29, 1.82) is 10.5 Å². The molecule has 0 saturated heterocycles. The number of rotatable bonds is 6. The van der Waals surface area contributed by atoms with Gasteiger partial charge in [-0.25, -0.2) is 0 Å². The minimum atomic E-state index is 0.462. The molecule has 0 atom stereocenters. The number of aryl methyl sites for hydroxylation is 1. The second kappa shape index (κ2) is 12.4. The average molecular weight is 627 g/mol. The predicted molar refractivity (Wildman–Crippen MR) is 201 cm³/mol. The Kier molecular flexibility index (Phi) is 7.46. The summed E-state index contributed by atoms with van der Waals surface area (Å²) in [5, 5.41) is 26.8. The average Bonchev–Trinajstić information content (AvgIpc) is 3.49. The summed E-state index contributed by atoms with van der Waals surface area (Å²) in [6, 6.07) is 58.3. The Bertz CT molecular complexity index is 2560. The van der Waals surface area contributed by atoms with E-state index in [1.807, 2.05) is 60.7 Å². The zero-order valence-corrected chi connectivity index (χ0v) is 26.9. The van der Waals surface area contributed by atoms with Crippen molar-refractivity contribution < 1.29 is 0 Å². The molecule has 0 radical (unpaired) electrons. The van der Waals surface area contributed by atoms with Gasteiger partial charge in [0.15, 0.2) is 0 Å². The van der Waals surface area contributed by atoms with Crippen molar-refractivity contribution in [1.82, 2.24) is 4.57 Å². The van der Waals surface area contributed by atoms with Crippen LogP contribution in [0.2, 0.25) is 0 Å². The van der Waals surface area contributed by atoms with E-state index < -0.39 is 0 Å². The van der Waals surface area contributed by atoms with Gasteiger partial charge in [-0.2, -0.15) is 10.5 Å². The summed E-state index contributed by atoms with van der Waals surface area (Å²) < 4.78 is 2.14. The van der Waals surface area contributed by atoms with E-state index in [0.717, 1.165) is 61.1 Å². The molecule has 8 aromatic rings. The van der Waals surface area contributed by atoms with Crippen LogP contribution in [0.1, 0.15) is 16.7 Å². The van der Waals surface area contributed by atoms with E-state index in [2.05, 4.69) is 126 Å². The topological polar surface area (TPSA) is 64.5 Å². The Morgan fingerprint density at radius 1 is 0.490 bits per heavy atom. The van der Waals surface area contributed by atoms with Gasteiger partial charge in [-0.15, -0.1) is 0 Å². The van der Waals surface area contributed by atoms with Gasteiger partial charge in [-0.05, 0) is 65.6 Å². The third kappa shape index (κ3) is 5.10. The first-order valence-electron chi connectivity index (χ1n) is 16.2. The highest BCUT2D eigenvalue weighted by molar-refractivity contribution is 6.09. The Labute approximate surface area is 285 Å². The van der Waals surface area contributed by atoms with Crippen LogP contribution < -0.4 is 5.32 Å². The number of para-hydroxylation sites is 4. The number of hydrogen-bond acceptors (Lipinski definition) is 3. The summed E-state index contributed by atoms with van der Waals surface area (Å²) in [4.78, 5) is 0. The first-order chi connectivity index (χ1) is 24.2. The molecule has 0 unspecified atom stereocenters. The van der Waals surface area contributed by atoms with E-state index in [1.54, 1.807) is 0 Å². The fourth-order valence-corrected chi connectivity index (χ4v) is 6.97. The Hall–Kier alpha value is -6.88. The molecule has 1 heterocycles. The van der Waals surface area contributed by atoms with Gasteiger partial charge in [0.25, 0.3) is 0 Å². The SMILES string of the molecule is Cc1ccccc1-c1ccccc1Nc1ccccc1-c1ccc(-c2c(C#N)ccc(-n3c4ccccc4c4ccccc43)c2C#N)cc1. The lowest BCUT2D eigenvalue weighted by molar-refractivity contribution is 1.17. The maximum atomic E-state index is 10.7. The predicted octanol–water partition coefficient (Wildman–Crippen LogP) is 11.6. The Morgan fingerprint density at radius 2 is 1.02 bits per heavy atom. The highest BCUT2D eigenvalue weighted by atomic mass is 15.0. The zero-order chi connectivity index (χ0) is 33.3. The van der Waals surface area contributed by atoms with Gasteiger partial charge >= 0.3 is 0 Å². The minimum absolute atomic E-state index is 0.462. The monoisotopic (exact) mass is 626 g/mol. The van der Waals surface area contributed by atoms with Gasteiger partial charge in [-0.1, -0.05) is 121 Å². The van der Waals surface area contributed by atoms with E-state index in [9.17, 15) is 10.5 Å². The highest BCUT2D eigenvalue weighted by Crippen LogP contribution is 2.39. The molecule has 4 nitrogen and oxygen atoms in total. The fourth-order valence-electron chi connectivity index (χ4n) is 6.97. The van der Waals surface area contributed by atoms with E-state index in [4.69, 9.17) is 0 Å². The number of nitrogens with one attached hydrogen (secondary N) is 1. The standard InChI is InChI=1S/C45H30N4/c1-30-12-2-3-13-34(30)36-15-5-9-19-41(36)48-40-18-8-4-14-35(40)31-22-24-32(25-23-31)45-33(28-46)26-27-44(39(45)29-47)49-42-20-10-6-16-37(42)38-17-7-11-21-43(38)49/h2-27,48H,1H3. The number of nitrogens with zero attached hydrogens (tertiary/aromatic N) is 3. The molecule has 0 spiro atoms. The molecule has 0 aliphatic rings. The maximum absolute atomic E-state index is 10.7.